The van der Waals surface area contributed by atoms with Gasteiger partial charge < -0.3 is 16.8 Å². The van der Waals surface area contributed by atoms with E-state index in [4.69, 9.17) is 16.7 Å². The molecule has 0 aliphatic carbocycles. The molecule has 0 spiro atoms. The first-order valence-corrected chi connectivity index (χ1v) is 4.47. The van der Waals surface area contributed by atoms with Crippen LogP contribution in [0.15, 0.2) is 11.1 Å². The van der Waals surface area contributed by atoms with Crippen molar-refractivity contribution in [1.82, 2.24) is 4.98 Å². The average molecular weight is 202 g/mol. The topological polar surface area (TPSA) is 113 Å². The van der Waals surface area contributed by atoms with Gasteiger partial charge in [-0.3, -0.25) is 4.99 Å². The smallest absolute Gasteiger partial charge is 0.143 e. The first kappa shape index (κ1) is 9.27. The molecule has 0 radical (unpaired) electrons. The maximum absolute atomic E-state index is 8.81. The predicted molar refractivity (Wildman–Crippen MR) is 57.4 cm³/mol. The van der Waals surface area contributed by atoms with Gasteiger partial charge >= 0.3 is 0 Å². The molecule has 0 atom stereocenters. The number of anilines is 2. The molecule has 0 bridgehead atoms. The number of aliphatic imine (C=N–C) groups is 1. The second kappa shape index (κ2) is 3.46. The van der Waals surface area contributed by atoms with E-state index < -0.39 is 0 Å². The van der Waals surface area contributed by atoms with Crippen LogP contribution in [0.3, 0.4) is 0 Å². The first-order chi connectivity index (χ1) is 7.22. The zero-order valence-electron chi connectivity index (χ0n) is 7.99. The fourth-order valence-electron chi connectivity index (χ4n) is 1.38. The number of amidine groups is 1. The van der Waals surface area contributed by atoms with E-state index >= 15 is 0 Å². The Hall–Kier alpha value is -2.29. The molecule has 6 heteroatoms. The van der Waals surface area contributed by atoms with E-state index in [0.717, 1.165) is 0 Å². The Labute approximate surface area is 86.6 Å². The van der Waals surface area contributed by atoms with E-state index in [0.29, 0.717) is 35.9 Å². The second-order valence-corrected chi connectivity index (χ2v) is 3.12. The van der Waals surface area contributed by atoms with Gasteiger partial charge in [0, 0.05) is 6.54 Å². The molecule has 0 amide bonds. The Morgan fingerprint density at radius 2 is 2.27 bits per heavy atom. The van der Waals surface area contributed by atoms with Gasteiger partial charge in [0.2, 0.25) is 0 Å². The lowest BCUT2D eigenvalue weighted by molar-refractivity contribution is 1.02. The molecule has 2 rings (SSSR count). The van der Waals surface area contributed by atoms with Crippen LogP contribution in [0.4, 0.5) is 11.6 Å². The second-order valence-electron chi connectivity index (χ2n) is 3.12. The predicted octanol–water partition coefficient (Wildman–Crippen LogP) is -0.334. The molecule has 0 saturated carbocycles. The minimum atomic E-state index is 0.207. The van der Waals surface area contributed by atoms with Gasteiger partial charge in [-0.05, 0) is 6.07 Å². The van der Waals surface area contributed by atoms with Crippen molar-refractivity contribution < 1.29 is 0 Å². The lowest BCUT2D eigenvalue weighted by Gasteiger charge is -2.08. The van der Waals surface area contributed by atoms with E-state index in [-0.39, 0.29) is 5.82 Å². The van der Waals surface area contributed by atoms with Crippen LogP contribution < -0.4 is 16.8 Å². The number of nitriles is 1. The molecule has 0 saturated heterocycles. The van der Waals surface area contributed by atoms with Gasteiger partial charge in [-0.15, -0.1) is 0 Å². The summed E-state index contributed by atoms with van der Waals surface area (Å²) in [6.45, 7) is 1.25. The Kier molecular flexibility index (Phi) is 2.14. The first-order valence-electron chi connectivity index (χ1n) is 4.47. The molecule has 0 aromatic carbocycles. The highest BCUT2D eigenvalue weighted by Crippen LogP contribution is 2.19. The lowest BCUT2D eigenvalue weighted by Crippen LogP contribution is -2.15. The van der Waals surface area contributed by atoms with Crippen LogP contribution in [0.25, 0.3) is 0 Å². The monoisotopic (exact) mass is 202 g/mol. The van der Waals surface area contributed by atoms with Crippen molar-refractivity contribution in [3.05, 3.63) is 17.2 Å². The van der Waals surface area contributed by atoms with Gasteiger partial charge in [0.05, 0.1) is 17.7 Å². The summed E-state index contributed by atoms with van der Waals surface area (Å²) >= 11 is 0. The standard InChI is InChI=1S/C9H10N6/c10-4-5-3-6-8(12)13-1-2-14-9(6)15-7(5)11/h3H,1-2H2,(H2,12,13)(H3,11,14,15). The zero-order valence-corrected chi connectivity index (χ0v) is 7.99. The van der Waals surface area contributed by atoms with Crippen LogP contribution >= 0.6 is 0 Å². The number of hydrogen-bond donors (Lipinski definition) is 3. The van der Waals surface area contributed by atoms with Crippen molar-refractivity contribution in [2.75, 3.05) is 24.1 Å². The van der Waals surface area contributed by atoms with E-state index in [1.54, 1.807) is 6.07 Å². The maximum Gasteiger partial charge on any atom is 0.143 e. The Morgan fingerprint density at radius 3 is 3.00 bits per heavy atom. The van der Waals surface area contributed by atoms with Gasteiger partial charge in [0.15, 0.2) is 0 Å². The summed E-state index contributed by atoms with van der Waals surface area (Å²) in [5.41, 5.74) is 12.3. The fourth-order valence-corrected chi connectivity index (χ4v) is 1.38. The number of fused-ring (bicyclic) bond motifs is 1. The molecule has 15 heavy (non-hydrogen) atoms. The number of rotatable bonds is 0. The molecule has 0 unspecified atom stereocenters. The molecule has 1 aromatic heterocycles. The Bertz CT molecular complexity index is 470. The summed E-state index contributed by atoms with van der Waals surface area (Å²) in [5, 5.41) is 11.9. The normalized spacial score (nSPS) is 14.2. The van der Waals surface area contributed by atoms with E-state index in [1.807, 2.05) is 6.07 Å². The number of nitrogen functional groups attached to an aromatic ring is 1. The number of nitrogens with zero attached hydrogens (tertiary/aromatic N) is 3. The van der Waals surface area contributed by atoms with E-state index in [1.165, 1.54) is 0 Å². The third kappa shape index (κ3) is 1.55. The van der Waals surface area contributed by atoms with Crippen LogP contribution in [-0.4, -0.2) is 23.9 Å². The minimum Gasteiger partial charge on any atom is -0.383 e. The SMILES string of the molecule is N#Cc1cc2c(nc1N)NCCN=C2N. The molecule has 0 fully saturated rings. The van der Waals surface area contributed by atoms with E-state index in [9.17, 15) is 0 Å². The fraction of sp³-hybridized carbons (Fsp3) is 0.222. The number of hydrogen-bond acceptors (Lipinski definition) is 6. The maximum atomic E-state index is 8.81. The molecule has 76 valence electrons. The van der Waals surface area contributed by atoms with E-state index in [2.05, 4.69) is 15.3 Å². The van der Waals surface area contributed by atoms with Crippen LogP contribution in [-0.2, 0) is 0 Å². The van der Waals surface area contributed by atoms with Gasteiger partial charge in [-0.2, -0.15) is 5.26 Å². The van der Waals surface area contributed by atoms with Crippen molar-refractivity contribution in [2.45, 2.75) is 0 Å². The highest BCUT2D eigenvalue weighted by atomic mass is 15.1. The van der Waals surface area contributed by atoms with Crippen LogP contribution in [0.5, 0.6) is 0 Å². The molecule has 2 heterocycles. The average Bonchev–Trinajstić information content (AvgIpc) is 2.40. The zero-order chi connectivity index (χ0) is 10.8. The summed E-state index contributed by atoms with van der Waals surface area (Å²) in [5.74, 6) is 1.18. The van der Waals surface area contributed by atoms with Crippen molar-refractivity contribution in [1.29, 1.82) is 5.26 Å². The van der Waals surface area contributed by atoms with Crippen LogP contribution in [0, 0.1) is 11.3 Å². The number of aromatic nitrogens is 1. The quantitative estimate of drug-likeness (QED) is 0.533. The van der Waals surface area contributed by atoms with Crippen LogP contribution in [0.1, 0.15) is 11.1 Å². The Balaban J connectivity index is 2.62. The summed E-state index contributed by atoms with van der Waals surface area (Å²) in [7, 11) is 0. The van der Waals surface area contributed by atoms with Crippen molar-refractivity contribution in [3.63, 3.8) is 0 Å². The molecular formula is C9H10N6. The van der Waals surface area contributed by atoms with Crippen molar-refractivity contribution in [2.24, 2.45) is 10.7 Å². The van der Waals surface area contributed by atoms with Gasteiger partial charge in [-0.1, -0.05) is 0 Å². The highest BCUT2D eigenvalue weighted by Gasteiger charge is 2.14. The molecule has 1 aromatic rings. The molecule has 1 aliphatic rings. The van der Waals surface area contributed by atoms with Crippen molar-refractivity contribution >= 4 is 17.5 Å². The van der Waals surface area contributed by atoms with Gasteiger partial charge in [-0.25, -0.2) is 4.98 Å². The summed E-state index contributed by atoms with van der Waals surface area (Å²) in [4.78, 5) is 8.19. The summed E-state index contributed by atoms with van der Waals surface area (Å²) in [6, 6.07) is 3.57. The third-order valence-corrected chi connectivity index (χ3v) is 2.13. The molecular weight excluding hydrogens is 192 g/mol. The largest absolute Gasteiger partial charge is 0.383 e. The highest BCUT2D eigenvalue weighted by molar-refractivity contribution is 6.02. The number of nitrogens with one attached hydrogen (secondary N) is 1. The van der Waals surface area contributed by atoms with Crippen molar-refractivity contribution in [3.8, 4) is 6.07 Å². The number of pyridine rings is 1. The molecule has 1 aliphatic heterocycles. The molecule has 6 nitrogen and oxygen atoms in total. The number of nitrogens with two attached hydrogens (primary N) is 2. The molecule has 5 N–H and O–H groups in total. The summed E-state index contributed by atoms with van der Waals surface area (Å²) in [6.07, 6.45) is 0. The minimum absolute atomic E-state index is 0.207. The third-order valence-electron chi connectivity index (χ3n) is 2.13. The Morgan fingerprint density at radius 1 is 1.47 bits per heavy atom. The van der Waals surface area contributed by atoms with Gasteiger partial charge in [0.25, 0.3) is 0 Å². The van der Waals surface area contributed by atoms with Crippen LogP contribution in [0.2, 0.25) is 0 Å². The van der Waals surface area contributed by atoms with Gasteiger partial charge in [0.1, 0.15) is 23.5 Å². The summed E-state index contributed by atoms with van der Waals surface area (Å²) < 4.78 is 0. The lowest BCUT2D eigenvalue weighted by atomic mass is 10.1.